The molecule has 0 saturated heterocycles. The van der Waals surface area contributed by atoms with E-state index in [1.165, 1.54) is 0 Å². The second-order valence-electron chi connectivity index (χ2n) is 5.76. The highest BCUT2D eigenvalue weighted by Gasteiger charge is 2.39. The molecule has 0 aromatic carbocycles. The molecule has 0 heterocycles. The molecule has 0 aromatic heterocycles. The SMILES string of the molecule is COCCN(CCOC)CC1(C(=O)O)CCCCCC1. The van der Waals surface area contributed by atoms with Crippen LogP contribution in [0.4, 0.5) is 0 Å². The van der Waals surface area contributed by atoms with Gasteiger partial charge in [0.1, 0.15) is 0 Å². The van der Waals surface area contributed by atoms with Crippen molar-refractivity contribution in [2.24, 2.45) is 5.41 Å². The fraction of sp³-hybridized carbons (Fsp3) is 0.933. The fourth-order valence-corrected chi connectivity index (χ4v) is 2.98. The molecule has 5 nitrogen and oxygen atoms in total. The van der Waals surface area contributed by atoms with E-state index in [0.29, 0.717) is 19.8 Å². The van der Waals surface area contributed by atoms with Crippen molar-refractivity contribution in [3.63, 3.8) is 0 Å². The van der Waals surface area contributed by atoms with Gasteiger partial charge in [-0.3, -0.25) is 9.69 Å². The molecule has 1 aliphatic carbocycles. The lowest BCUT2D eigenvalue weighted by Gasteiger charge is -2.34. The minimum absolute atomic E-state index is 0.585. The molecule has 0 unspecified atom stereocenters. The number of ether oxygens (including phenoxy) is 2. The van der Waals surface area contributed by atoms with Crippen molar-refractivity contribution in [2.45, 2.75) is 38.5 Å². The Labute approximate surface area is 122 Å². The maximum absolute atomic E-state index is 11.8. The van der Waals surface area contributed by atoms with Crippen molar-refractivity contribution < 1.29 is 19.4 Å². The van der Waals surface area contributed by atoms with Gasteiger partial charge in [-0.15, -0.1) is 0 Å². The molecule has 0 bridgehead atoms. The van der Waals surface area contributed by atoms with Crippen LogP contribution >= 0.6 is 0 Å². The van der Waals surface area contributed by atoms with Crippen LogP contribution in [-0.2, 0) is 14.3 Å². The molecule has 1 aliphatic rings. The predicted octanol–water partition coefficient (Wildman–Crippen LogP) is 2.01. The molecule has 0 aliphatic heterocycles. The highest BCUT2D eigenvalue weighted by molar-refractivity contribution is 5.75. The third-order valence-corrected chi connectivity index (χ3v) is 4.26. The molecule has 118 valence electrons. The first-order chi connectivity index (χ1) is 9.64. The van der Waals surface area contributed by atoms with Gasteiger partial charge in [0, 0.05) is 33.9 Å². The number of nitrogens with zero attached hydrogens (tertiary/aromatic N) is 1. The van der Waals surface area contributed by atoms with E-state index < -0.39 is 11.4 Å². The molecule has 1 fully saturated rings. The van der Waals surface area contributed by atoms with Crippen LogP contribution in [0.3, 0.4) is 0 Å². The summed E-state index contributed by atoms with van der Waals surface area (Å²) in [7, 11) is 3.35. The second kappa shape index (κ2) is 9.32. The van der Waals surface area contributed by atoms with E-state index in [1.807, 2.05) is 0 Å². The molecule has 0 spiro atoms. The molecule has 5 heteroatoms. The van der Waals surface area contributed by atoms with E-state index >= 15 is 0 Å². The maximum atomic E-state index is 11.8. The minimum atomic E-state index is -0.640. The zero-order valence-corrected chi connectivity index (χ0v) is 12.9. The maximum Gasteiger partial charge on any atom is 0.310 e. The zero-order chi connectivity index (χ0) is 14.8. The number of rotatable bonds is 9. The quantitative estimate of drug-likeness (QED) is 0.657. The average molecular weight is 287 g/mol. The van der Waals surface area contributed by atoms with E-state index in [2.05, 4.69) is 4.90 Å². The lowest BCUT2D eigenvalue weighted by atomic mass is 9.80. The van der Waals surface area contributed by atoms with E-state index in [0.717, 1.165) is 51.6 Å². The Kier molecular flexibility index (Phi) is 8.11. The summed E-state index contributed by atoms with van der Waals surface area (Å²) in [5, 5.41) is 9.72. The van der Waals surface area contributed by atoms with Crippen LogP contribution in [0.25, 0.3) is 0 Å². The Bertz CT molecular complexity index is 267. The predicted molar refractivity (Wildman–Crippen MR) is 78.0 cm³/mol. The normalized spacial score (nSPS) is 18.9. The number of methoxy groups -OCH3 is 2. The van der Waals surface area contributed by atoms with Crippen molar-refractivity contribution in [3.05, 3.63) is 0 Å². The van der Waals surface area contributed by atoms with Gasteiger partial charge in [0.25, 0.3) is 0 Å². The summed E-state index contributed by atoms with van der Waals surface area (Å²) in [5.74, 6) is -0.640. The largest absolute Gasteiger partial charge is 0.481 e. The van der Waals surface area contributed by atoms with Gasteiger partial charge < -0.3 is 14.6 Å². The topological polar surface area (TPSA) is 59.0 Å². The van der Waals surface area contributed by atoms with Crippen LogP contribution in [0.2, 0.25) is 0 Å². The van der Waals surface area contributed by atoms with E-state index in [-0.39, 0.29) is 0 Å². The number of carbonyl (C=O) groups is 1. The highest BCUT2D eigenvalue weighted by atomic mass is 16.5. The third kappa shape index (κ3) is 5.38. The Hall–Kier alpha value is -0.650. The Morgan fingerprint density at radius 1 is 1.05 bits per heavy atom. The van der Waals surface area contributed by atoms with Crippen molar-refractivity contribution in [2.75, 3.05) is 47.1 Å². The molecule has 0 amide bonds. The van der Waals surface area contributed by atoms with Gasteiger partial charge in [0.15, 0.2) is 0 Å². The van der Waals surface area contributed by atoms with Crippen molar-refractivity contribution in [3.8, 4) is 0 Å². The molecule has 1 saturated carbocycles. The second-order valence-corrected chi connectivity index (χ2v) is 5.76. The van der Waals surface area contributed by atoms with E-state index in [1.54, 1.807) is 14.2 Å². The van der Waals surface area contributed by atoms with Gasteiger partial charge in [0.05, 0.1) is 18.6 Å². The highest BCUT2D eigenvalue weighted by Crippen LogP contribution is 2.36. The Morgan fingerprint density at radius 2 is 1.55 bits per heavy atom. The number of aliphatic carboxylic acids is 1. The first-order valence-corrected chi connectivity index (χ1v) is 7.58. The first-order valence-electron chi connectivity index (χ1n) is 7.58. The number of hydrogen-bond acceptors (Lipinski definition) is 4. The lowest BCUT2D eigenvalue weighted by Crippen LogP contribution is -2.45. The van der Waals surface area contributed by atoms with Gasteiger partial charge in [-0.2, -0.15) is 0 Å². The monoisotopic (exact) mass is 287 g/mol. The van der Waals surface area contributed by atoms with Crippen LogP contribution in [0, 0.1) is 5.41 Å². The van der Waals surface area contributed by atoms with Gasteiger partial charge in [-0.05, 0) is 12.8 Å². The van der Waals surface area contributed by atoms with Crippen molar-refractivity contribution in [1.82, 2.24) is 4.90 Å². The van der Waals surface area contributed by atoms with Gasteiger partial charge in [-0.25, -0.2) is 0 Å². The summed E-state index contributed by atoms with van der Waals surface area (Å²) in [4.78, 5) is 14.0. The number of carboxylic acids is 1. The van der Waals surface area contributed by atoms with Gasteiger partial charge in [0.2, 0.25) is 0 Å². The minimum Gasteiger partial charge on any atom is -0.481 e. The average Bonchev–Trinajstić information content (AvgIpc) is 2.68. The van der Waals surface area contributed by atoms with Crippen LogP contribution in [0.15, 0.2) is 0 Å². The van der Waals surface area contributed by atoms with Crippen LogP contribution < -0.4 is 0 Å². The zero-order valence-electron chi connectivity index (χ0n) is 12.9. The number of hydrogen-bond donors (Lipinski definition) is 1. The summed E-state index contributed by atoms with van der Waals surface area (Å²) in [5.41, 5.74) is -0.585. The van der Waals surface area contributed by atoms with Gasteiger partial charge >= 0.3 is 5.97 Å². The molecule has 1 N–H and O–H groups in total. The molecule has 0 radical (unpaired) electrons. The Morgan fingerprint density at radius 3 is 1.95 bits per heavy atom. The van der Waals surface area contributed by atoms with E-state index in [4.69, 9.17) is 9.47 Å². The third-order valence-electron chi connectivity index (χ3n) is 4.26. The Balaban J connectivity index is 2.69. The summed E-state index contributed by atoms with van der Waals surface area (Å²) in [6.45, 7) is 3.37. The molecule has 20 heavy (non-hydrogen) atoms. The van der Waals surface area contributed by atoms with Crippen molar-refractivity contribution in [1.29, 1.82) is 0 Å². The van der Waals surface area contributed by atoms with Crippen LogP contribution in [-0.4, -0.2) is 63.0 Å². The number of carboxylic acid groups (broad SMARTS) is 1. The summed E-state index contributed by atoms with van der Waals surface area (Å²) in [6.07, 6.45) is 5.94. The molecular formula is C15H29NO4. The molecule has 0 atom stereocenters. The molecular weight excluding hydrogens is 258 g/mol. The standard InChI is InChI=1S/C15H29NO4/c1-19-11-9-16(10-12-20-2)13-15(14(17)18)7-5-3-4-6-8-15/h3-13H2,1-2H3,(H,17,18). The summed E-state index contributed by atoms with van der Waals surface area (Å²) in [6, 6.07) is 0. The summed E-state index contributed by atoms with van der Waals surface area (Å²) < 4.78 is 10.3. The first kappa shape index (κ1) is 17.4. The van der Waals surface area contributed by atoms with Crippen LogP contribution in [0.1, 0.15) is 38.5 Å². The van der Waals surface area contributed by atoms with Crippen LogP contribution in [0.5, 0.6) is 0 Å². The van der Waals surface area contributed by atoms with Gasteiger partial charge in [-0.1, -0.05) is 25.7 Å². The fourth-order valence-electron chi connectivity index (χ4n) is 2.98. The van der Waals surface area contributed by atoms with E-state index in [9.17, 15) is 9.90 Å². The molecule has 1 rings (SSSR count). The lowest BCUT2D eigenvalue weighted by molar-refractivity contribution is -0.151. The molecule has 0 aromatic rings. The summed E-state index contributed by atoms with van der Waals surface area (Å²) >= 11 is 0. The van der Waals surface area contributed by atoms with Crippen molar-refractivity contribution >= 4 is 5.97 Å². The smallest absolute Gasteiger partial charge is 0.310 e.